The quantitative estimate of drug-likeness (QED) is 0.653. The molecule has 0 atom stereocenters. The zero-order chi connectivity index (χ0) is 9.28. The first-order valence-electron chi connectivity index (χ1n) is 3.59. The van der Waals surface area contributed by atoms with E-state index >= 15 is 0 Å². The van der Waals surface area contributed by atoms with Crippen molar-refractivity contribution in [3.63, 3.8) is 0 Å². The molecule has 0 unspecified atom stereocenters. The van der Waals surface area contributed by atoms with Crippen molar-refractivity contribution in [3.8, 4) is 0 Å². The first kappa shape index (κ1) is 13.1. The van der Waals surface area contributed by atoms with Crippen LogP contribution in [-0.2, 0) is 0 Å². The van der Waals surface area contributed by atoms with E-state index in [0.29, 0.717) is 11.6 Å². The van der Waals surface area contributed by atoms with Gasteiger partial charge in [-0.15, -0.1) is 0 Å². The van der Waals surface area contributed by atoms with Gasteiger partial charge in [0.05, 0.1) is 0 Å². The fraction of sp³-hybridized carbons (Fsp3) is 0.333. The van der Waals surface area contributed by atoms with E-state index in [1.807, 2.05) is 13.8 Å². The highest BCUT2D eigenvalue weighted by molar-refractivity contribution is 6.31. The Bertz CT molecular complexity index is 148. The number of hydrogen-bond donors (Lipinski definition) is 1. The molecule has 0 bridgehead atoms. The predicted octanol–water partition coefficient (Wildman–Crippen LogP) is 2.84. The van der Waals surface area contributed by atoms with Crippen LogP contribution in [0.25, 0.3) is 0 Å². The van der Waals surface area contributed by atoms with E-state index < -0.39 is 0 Å². The summed E-state index contributed by atoms with van der Waals surface area (Å²) in [5, 5.41) is 0.576. The van der Waals surface area contributed by atoms with E-state index in [2.05, 4.69) is 13.2 Å². The van der Waals surface area contributed by atoms with Gasteiger partial charge in [-0.1, -0.05) is 50.8 Å². The zero-order valence-corrected chi connectivity index (χ0v) is 7.99. The lowest BCUT2D eigenvalue weighted by atomic mass is 10.2. The Hall–Kier alpha value is -0.530. The first-order valence-corrected chi connectivity index (χ1v) is 3.97. The number of halogens is 1. The lowest BCUT2D eigenvalue weighted by Crippen LogP contribution is -2.01. The van der Waals surface area contributed by atoms with Gasteiger partial charge in [0.1, 0.15) is 0 Å². The van der Waals surface area contributed by atoms with E-state index in [1.165, 1.54) is 0 Å². The van der Waals surface area contributed by atoms with Crippen molar-refractivity contribution in [3.05, 3.63) is 35.9 Å². The van der Waals surface area contributed by atoms with Gasteiger partial charge in [-0.2, -0.15) is 0 Å². The molecule has 11 heavy (non-hydrogen) atoms. The van der Waals surface area contributed by atoms with E-state index in [4.69, 9.17) is 17.3 Å². The Morgan fingerprint density at radius 3 is 1.91 bits per heavy atom. The summed E-state index contributed by atoms with van der Waals surface area (Å²) in [4.78, 5) is 0. The van der Waals surface area contributed by atoms with Gasteiger partial charge in [-0.25, -0.2) is 0 Å². The van der Waals surface area contributed by atoms with E-state index in [1.54, 1.807) is 12.2 Å². The van der Waals surface area contributed by atoms with Gasteiger partial charge in [0.15, 0.2) is 0 Å². The Morgan fingerprint density at radius 2 is 1.82 bits per heavy atom. The molecule has 0 aliphatic carbocycles. The Labute approximate surface area is 74.2 Å². The molecule has 64 valence electrons. The van der Waals surface area contributed by atoms with Gasteiger partial charge in [0.2, 0.25) is 0 Å². The van der Waals surface area contributed by atoms with Crippen molar-refractivity contribution < 1.29 is 0 Å². The number of rotatable bonds is 3. The van der Waals surface area contributed by atoms with Gasteiger partial charge >= 0.3 is 0 Å². The van der Waals surface area contributed by atoms with E-state index in [-0.39, 0.29) is 0 Å². The number of allylic oxidation sites excluding steroid dienone is 2. The van der Waals surface area contributed by atoms with E-state index in [9.17, 15) is 0 Å². The second kappa shape index (κ2) is 9.47. The van der Waals surface area contributed by atoms with Crippen LogP contribution in [-0.4, -0.2) is 6.54 Å². The summed E-state index contributed by atoms with van der Waals surface area (Å²) in [6, 6.07) is 0. The molecule has 0 fully saturated rings. The van der Waals surface area contributed by atoms with Crippen LogP contribution in [0.1, 0.15) is 13.8 Å². The molecule has 0 aromatic heterocycles. The molecule has 0 aliphatic rings. The van der Waals surface area contributed by atoms with Crippen LogP contribution in [0, 0.1) is 0 Å². The molecule has 0 saturated carbocycles. The summed E-state index contributed by atoms with van der Waals surface area (Å²) in [7, 11) is 0. The molecule has 2 N–H and O–H groups in total. The van der Waals surface area contributed by atoms with Gasteiger partial charge < -0.3 is 5.73 Å². The third kappa shape index (κ3) is 5.89. The van der Waals surface area contributed by atoms with Gasteiger partial charge in [-0.05, 0) is 5.57 Å². The van der Waals surface area contributed by atoms with Gasteiger partial charge in [-0.3, -0.25) is 0 Å². The Balaban J connectivity index is 0. The van der Waals surface area contributed by atoms with Crippen molar-refractivity contribution in [1.82, 2.24) is 0 Å². The molecular weight excluding hydrogens is 158 g/mol. The summed E-state index contributed by atoms with van der Waals surface area (Å²) in [6.45, 7) is 11.4. The Kier molecular flexibility index (Phi) is 11.3. The standard InChI is InChI=1S/C7H10ClN.C2H6/c1-3-6(5-9)7(8)4-2;1-2/h3-4H,1-2,5,9H2;1-2H3/b7-6-;. The molecule has 0 saturated heterocycles. The summed E-state index contributed by atoms with van der Waals surface area (Å²) in [6.07, 6.45) is 3.18. The normalized spacial score (nSPS) is 10.5. The van der Waals surface area contributed by atoms with Crippen molar-refractivity contribution >= 4 is 11.6 Å². The minimum absolute atomic E-state index is 0.411. The maximum atomic E-state index is 5.64. The molecule has 0 aromatic carbocycles. The van der Waals surface area contributed by atoms with Crippen LogP contribution >= 0.6 is 11.6 Å². The monoisotopic (exact) mass is 173 g/mol. The molecule has 0 heterocycles. The zero-order valence-electron chi connectivity index (χ0n) is 7.23. The first-order chi connectivity index (χ1) is 5.26. The second-order valence-electron chi connectivity index (χ2n) is 1.49. The molecule has 0 aliphatic heterocycles. The highest BCUT2D eigenvalue weighted by atomic mass is 35.5. The lowest BCUT2D eigenvalue weighted by molar-refractivity contribution is 1.18. The largest absolute Gasteiger partial charge is 0.326 e. The maximum Gasteiger partial charge on any atom is 0.0444 e. The molecule has 0 spiro atoms. The highest BCUT2D eigenvalue weighted by Gasteiger charge is 1.91. The van der Waals surface area contributed by atoms with Crippen LogP contribution in [0.2, 0.25) is 0 Å². The predicted molar refractivity (Wildman–Crippen MR) is 53.7 cm³/mol. The van der Waals surface area contributed by atoms with Gasteiger partial charge in [0.25, 0.3) is 0 Å². The summed E-state index contributed by atoms with van der Waals surface area (Å²) in [5.74, 6) is 0. The highest BCUT2D eigenvalue weighted by Crippen LogP contribution is 2.09. The molecule has 0 rings (SSSR count). The molecule has 1 nitrogen and oxygen atoms in total. The van der Waals surface area contributed by atoms with Crippen molar-refractivity contribution in [2.75, 3.05) is 6.54 Å². The molecule has 0 amide bonds. The fourth-order valence-electron chi connectivity index (χ4n) is 0.409. The summed E-state index contributed by atoms with van der Waals surface area (Å²) >= 11 is 5.64. The number of nitrogens with two attached hydrogens (primary N) is 1. The SMILES string of the molecule is C=C/C(Cl)=C(\C=C)CN.CC. The summed E-state index contributed by atoms with van der Waals surface area (Å²) in [5.41, 5.74) is 6.12. The van der Waals surface area contributed by atoms with Crippen LogP contribution in [0.15, 0.2) is 35.9 Å². The average Bonchev–Trinajstić information content (AvgIpc) is 2.10. The van der Waals surface area contributed by atoms with Gasteiger partial charge in [0, 0.05) is 11.6 Å². The maximum absolute atomic E-state index is 5.64. The van der Waals surface area contributed by atoms with Crippen molar-refractivity contribution in [2.24, 2.45) is 5.73 Å². The van der Waals surface area contributed by atoms with E-state index in [0.717, 1.165) is 5.57 Å². The minimum atomic E-state index is 0.411. The van der Waals surface area contributed by atoms with Crippen LogP contribution in [0.5, 0.6) is 0 Å². The molecule has 2 heteroatoms. The average molecular weight is 174 g/mol. The molecule has 0 radical (unpaired) electrons. The van der Waals surface area contributed by atoms with Crippen LogP contribution < -0.4 is 5.73 Å². The lowest BCUT2D eigenvalue weighted by Gasteiger charge is -1.95. The van der Waals surface area contributed by atoms with Crippen LogP contribution in [0.3, 0.4) is 0 Å². The Morgan fingerprint density at radius 1 is 1.36 bits per heavy atom. The minimum Gasteiger partial charge on any atom is -0.326 e. The number of hydrogen-bond acceptors (Lipinski definition) is 1. The molecular formula is C9H16ClN. The third-order valence-electron chi connectivity index (χ3n) is 0.952. The third-order valence-corrected chi connectivity index (χ3v) is 1.35. The summed E-state index contributed by atoms with van der Waals surface area (Å²) < 4.78 is 0. The smallest absolute Gasteiger partial charge is 0.0444 e. The molecule has 0 aromatic rings. The fourth-order valence-corrected chi connectivity index (χ4v) is 0.564. The second-order valence-corrected chi connectivity index (χ2v) is 1.89. The van der Waals surface area contributed by atoms with Crippen molar-refractivity contribution in [2.45, 2.75) is 13.8 Å². The topological polar surface area (TPSA) is 26.0 Å². The van der Waals surface area contributed by atoms with Crippen molar-refractivity contribution in [1.29, 1.82) is 0 Å². The van der Waals surface area contributed by atoms with Crippen LogP contribution in [0.4, 0.5) is 0 Å².